The molecule has 1 aromatic carbocycles. The molecule has 23 heavy (non-hydrogen) atoms. The van der Waals surface area contributed by atoms with Crippen molar-refractivity contribution in [3.05, 3.63) is 23.2 Å². The van der Waals surface area contributed by atoms with Crippen LogP contribution in [0.15, 0.2) is 23.1 Å². The first-order valence-electron chi connectivity index (χ1n) is 7.90. The Morgan fingerprint density at radius 1 is 1.26 bits per heavy atom. The standard InChI is InChI=1S/C16H23N3O2S2/c1-16(2,3)15-18-13-5-4-12(10-14(13)22-15)23(20,21)19-11-6-8-17-9-7-11/h4-5,10-11,17,19H,6-9H2,1-3H3. The fourth-order valence-electron chi connectivity index (χ4n) is 2.62. The summed E-state index contributed by atoms with van der Waals surface area (Å²) in [5.41, 5.74) is 0.830. The zero-order valence-corrected chi connectivity index (χ0v) is 15.4. The van der Waals surface area contributed by atoms with Gasteiger partial charge in [0.25, 0.3) is 0 Å². The van der Waals surface area contributed by atoms with Crippen LogP contribution in [0.5, 0.6) is 0 Å². The van der Waals surface area contributed by atoms with E-state index in [9.17, 15) is 8.42 Å². The average molecular weight is 354 g/mol. The minimum absolute atomic E-state index is 0.0172. The topological polar surface area (TPSA) is 71.1 Å². The Hall–Kier alpha value is -1.02. The summed E-state index contributed by atoms with van der Waals surface area (Å²) in [7, 11) is -3.48. The van der Waals surface area contributed by atoms with Crippen molar-refractivity contribution >= 4 is 31.6 Å². The van der Waals surface area contributed by atoms with Gasteiger partial charge in [-0.15, -0.1) is 11.3 Å². The van der Waals surface area contributed by atoms with Gasteiger partial charge in [-0.3, -0.25) is 0 Å². The molecule has 0 bridgehead atoms. The molecule has 2 N–H and O–H groups in total. The van der Waals surface area contributed by atoms with Crippen molar-refractivity contribution in [2.24, 2.45) is 0 Å². The summed E-state index contributed by atoms with van der Waals surface area (Å²) >= 11 is 1.57. The second-order valence-corrected chi connectivity index (χ2v) is 9.79. The number of aromatic nitrogens is 1. The Labute approximate surface area is 141 Å². The maximum Gasteiger partial charge on any atom is 0.240 e. The maximum atomic E-state index is 12.6. The fraction of sp³-hybridized carbons (Fsp3) is 0.562. The van der Waals surface area contributed by atoms with Crippen molar-refractivity contribution in [2.75, 3.05) is 13.1 Å². The Kier molecular flexibility index (Phi) is 4.48. The van der Waals surface area contributed by atoms with Crippen LogP contribution in [0.3, 0.4) is 0 Å². The molecule has 126 valence electrons. The minimum atomic E-state index is -3.48. The van der Waals surface area contributed by atoms with Gasteiger partial charge in [0.1, 0.15) is 0 Å². The second-order valence-electron chi connectivity index (χ2n) is 7.04. The number of sulfonamides is 1. The maximum absolute atomic E-state index is 12.6. The highest BCUT2D eigenvalue weighted by Crippen LogP contribution is 2.32. The largest absolute Gasteiger partial charge is 0.317 e. The first-order chi connectivity index (χ1) is 10.8. The molecule has 1 saturated heterocycles. The number of nitrogens with zero attached hydrogens (tertiary/aromatic N) is 1. The molecule has 5 nitrogen and oxygen atoms in total. The number of nitrogens with one attached hydrogen (secondary N) is 2. The van der Waals surface area contributed by atoms with E-state index in [1.807, 2.05) is 0 Å². The van der Waals surface area contributed by atoms with Crippen molar-refractivity contribution in [1.82, 2.24) is 15.0 Å². The Morgan fingerprint density at radius 3 is 2.61 bits per heavy atom. The number of benzene rings is 1. The van der Waals surface area contributed by atoms with Crippen LogP contribution >= 0.6 is 11.3 Å². The fourth-order valence-corrected chi connectivity index (χ4v) is 5.09. The Morgan fingerprint density at radius 2 is 1.96 bits per heavy atom. The number of hydrogen-bond donors (Lipinski definition) is 2. The third-order valence-electron chi connectivity index (χ3n) is 3.97. The van der Waals surface area contributed by atoms with E-state index in [-0.39, 0.29) is 11.5 Å². The highest BCUT2D eigenvalue weighted by Gasteiger charge is 2.23. The predicted molar refractivity (Wildman–Crippen MR) is 94.5 cm³/mol. The normalized spacial score (nSPS) is 17.7. The molecule has 0 radical (unpaired) electrons. The van der Waals surface area contributed by atoms with E-state index in [2.05, 4.69) is 35.8 Å². The first-order valence-corrected chi connectivity index (χ1v) is 10.2. The van der Waals surface area contributed by atoms with Crippen LogP contribution in [0, 0.1) is 0 Å². The SMILES string of the molecule is CC(C)(C)c1nc2ccc(S(=O)(=O)NC3CCNCC3)cc2s1. The highest BCUT2D eigenvalue weighted by atomic mass is 32.2. The smallest absolute Gasteiger partial charge is 0.240 e. The molecule has 7 heteroatoms. The van der Waals surface area contributed by atoms with E-state index in [4.69, 9.17) is 0 Å². The summed E-state index contributed by atoms with van der Waals surface area (Å²) in [5, 5.41) is 4.26. The van der Waals surface area contributed by atoms with Crippen molar-refractivity contribution in [2.45, 2.75) is 50.0 Å². The van der Waals surface area contributed by atoms with Crippen LogP contribution in [-0.2, 0) is 15.4 Å². The number of rotatable bonds is 3. The molecule has 3 rings (SSSR count). The summed E-state index contributed by atoms with van der Waals surface area (Å²) in [6.45, 7) is 8.05. The van der Waals surface area contributed by atoms with E-state index >= 15 is 0 Å². The minimum Gasteiger partial charge on any atom is -0.317 e. The lowest BCUT2D eigenvalue weighted by atomic mass is 9.98. The number of thiazole rings is 1. The Bertz CT molecular complexity index is 800. The van der Waals surface area contributed by atoms with E-state index < -0.39 is 10.0 Å². The van der Waals surface area contributed by atoms with Crippen molar-refractivity contribution in [3.8, 4) is 0 Å². The molecular formula is C16H23N3O2S2. The summed E-state index contributed by atoms with van der Waals surface area (Å²) in [6.07, 6.45) is 1.66. The van der Waals surface area contributed by atoms with Gasteiger partial charge in [0, 0.05) is 11.5 Å². The second kappa shape index (κ2) is 6.12. The van der Waals surface area contributed by atoms with Crippen molar-refractivity contribution < 1.29 is 8.42 Å². The first kappa shape index (κ1) is 16.8. The van der Waals surface area contributed by atoms with Gasteiger partial charge in [-0.2, -0.15) is 0 Å². The van der Waals surface area contributed by atoms with E-state index in [1.54, 1.807) is 29.5 Å². The predicted octanol–water partition coefficient (Wildman–Crippen LogP) is 2.62. The van der Waals surface area contributed by atoms with E-state index in [0.717, 1.165) is 41.2 Å². The molecule has 1 aliphatic heterocycles. The number of piperidine rings is 1. The number of fused-ring (bicyclic) bond motifs is 1. The lowest BCUT2D eigenvalue weighted by Gasteiger charge is -2.23. The van der Waals surface area contributed by atoms with Crippen LogP contribution in [0.2, 0.25) is 0 Å². The third kappa shape index (κ3) is 3.74. The lowest BCUT2D eigenvalue weighted by Crippen LogP contribution is -2.42. The third-order valence-corrected chi connectivity index (χ3v) is 6.93. The van der Waals surface area contributed by atoms with Crippen molar-refractivity contribution in [1.29, 1.82) is 0 Å². The molecule has 1 aliphatic rings. The van der Waals surface area contributed by atoms with Gasteiger partial charge >= 0.3 is 0 Å². The summed E-state index contributed by atoms with van der Waals surface area (Å²) in [5.74, 6) is 0. The van der Waals surface area contributed by atoms with E-state index in [0.29, 0.717) is 4.90 Å². The van der Waals surface area contributed by atoms with Crippen LogP contribution in [0.1, 0.15) is 38.6 Å². The molecule has 0 atom stereocenters. The monoisotopic (exact) mass is 353 g/mol. The van der Waals surface area contributed by atoms with Gasteiger partial charge in [0.05, 0.1) is 20.1 Å². The summed E-state index contributed by atoms with van der Waals surface area (Å²) in [6, 6.07) is 5.21. The molecule has 0 unspecified atom stereocenters. The molecule has 1 fully saturated rings. The zero-order chi connectivity index (χ0) is 16.7. The highest BCUT2D eigenvalue weighted by molar-refractivity contribution is 7.89. The van der Waals surface area contributed by atoms with Gasteiger partial charge < -0.3 is 5.32 Å². The van der Waals surface area contributed by atoms with Crippen LogP contribution in [0.25, 0.3) is 10.2 Å². The average Bonchev–Trinajstić information content (AvgIpc) is 2.91. The van der Waals surface area contributed by atoms with Gasteiger partial charge in [0.2, 0.25) is 10.0 Å². The number of hydrogen-bond acceptors (Lipinski definition) is 5. The lowest BCUT2D eigenvalue weighted by molar-refractivity contribution is 0.427. The van der Waals surface area contributed by atoms with Gasteiger partial charge in [0.15, 0.2) is 0 Å². The molecule has 2 heterocycles. The molecule has 2 aromatic rings. The van der Waals surface area contributed by atoms with E-state index in [1.165, 1.54) is 0 Å². The van der Waals surface area contributed by atoms with Crippen molar-refractivity contribution in [3.63, 3.8) is 0 Å². The molecule has 0 amide bonds. The summed E-state index contributed by atoms with van der Waals surface area (Å²) in [4.78, 5) is 4.94. The molecule has 1 aromatic heterocycles. The van der Waals surface area contributed by atoms with Crippen LogP contribution in [0.4, 0.5) is 0 Å². The molecule has 0 spiro atoms. The molecule has 0 aliphatic carbocycles. The quantitative estimate of drug-likeness (QED) is 0.890. The van der Waals surface area contributed by atoms with Crippen LogP contribution in [-0.4, -0.2) is 32.5 Å². The Balaban J connectivity index is 1.89. The molecular weight excluding hydrogens is 330 g/mol. The molecule has 0 saturated carbocycles. The van der Waals surface area contributed by atoms with Crippen LogP contribution < -0.4 is 10.0 Å². The zero-order valence-electron chi connectivity index (χ0n) is 13.7. The van der Waals surface area contributed by atoms with Gasteiger partial charge in [-0.25, -0.2) is 18.1 Å². The van der Waals surface area contributed by atoms with Gasteiger partial charge in [-0.05, 0) is 44.1 Å². The summed E-state index contributed by atoms with van der Waals surface area (Å²) < 4.78 is 29.0. The van der Waals surface area contributed by atoms with Gasteiger partial charge in [-0.1, -0.05) is 20.8 Å².